The van der Waals surface area contributed by atoms with Gasteiger partial charge in [-0.15, -0.1) is 0 Å². The lowest BCUT2D eigenvalue weighted by Crippen LogP contribution is -3.14. The summed E-state index contributed by atoms with van der Waals surface area (Å²) < 4.78 is 0. The van der Waals surface area contributed by atoms with Gasteiger partial charge in [0.25, 0.3) is 5.91 Å². The molecule has 1 N–H and O–H groups in total. The number of hydrogen-bond donors (Lipinski definition) is 1. The Hall–Kier alpha value is -3.57. The zero-order chi connectivity index (χ0) is 21.9. The molecule has 3 aromatic carbocycles. The highest BCUT2D eigenvalue weighted by Crippen LogP contribution is 2.31. The number of hydrogen-bond acceptors (Lipinski definition) is 3. The van der Waals surface area contributed by atoms with Crippen LogP contribution in [0.25, 0.3) is 33.5 Å². The molecule has 5 rings (SSSR count). The predicted molar refractivity (Wildman–Crippen MR) is 128 cm³/mol. The van der Waals surface area contributed by atoms with Crippen molar-refractivity contribution in [2.75, 3.05) is 32.7 Å². The SMILES string of the molecule is CC[NH+]1CCN(C(=O)c2ccc(-c3nc4ccccc4nc3-c3ccccc3)cc2)CC1. The fourth-order valence-corrected chi connectivity index (χ4v) is 4.33. The average molecular weight is 424 g/mol. The molecule has 1 amide bonds. The number of fused-ring (bicyclic) bond motifs is 1. The van der Waals surface area contributed by atoms with Crippen molar-refractivity contribution in [2.45, 2.75) is 6.92 Å². The molecule has 0 aliphatic carbocycles. The van der Waals surface area contributed by atoms with E-state index in [2.05, 4.69) is 19.1 Å². The molecule has 1 fully saturated rings. The number of nitrogens with one attached hydrogen (secondary N) is 1. The second kappa shape index (κ2) is 8.89. The van der Waals surface area contributed by atoms with Gasteiger partial charge < -0.3 is 9.80 Å². The molecule has 5 heteroatoms. The van der Waals surface area contributed by atoms with Gasteiger partial charge in [-0.05, 0) is 31.2 Å². The van der Waals surface area contributed by atoms with E-state index in [4.69, 9.17) is 9.97 Å². The highest BCUT2D eigenvalue weighted by Gasteiger charge is 2.23. The quantitative estimate of drug-likeness (QED) is 0.548. The van der Waals surface area contributed by atoms with E-state index in [1.54, 1.807) is 4.90 Å². The number of carbonyl (C=O) groups is 1. The van der Waals surface area contributed by atoms with Crippen molar-refractivity contribution >= 4 is 16.9 Å². The molecule has 5 nitrogen and oxygen atoms in total. The van der Waals surface area contributed by atoms with Gasteiger partial charge in [0.2, 0.25) is 0 Å². The Balaban J connectivity index is 1.48. The van der Waals surface area contributed by atoms with Gasteiger partial charge in [0.05, 0.1) is 55.1 Å². The lowest BCUT2D eigenvalue weighted by Gasteiger charge is -2.31. The molecule has 0 saturated carbocycles. The molecule has 0 spiro atoms. The number of aromatic nitrogens is 2. The van der Waals surface area contributed by atoms with E-state index >= 15 is 0 Å². The third kappa shape index (κ3) is 3.99. The first kappa shape index (κ1) is 20.3. The van der Waals surface area contributed by atoms with E-state index in [0.717, 1.165) is 71.8 Å². The molecule has 160 valence electrons. The van der Waals surface area contributed by atoms with E-state index in [0.29, 0.717) is 0 Å². The smallest absolute Gasteiger partial charge is 0.254 e. The molecule has 1 aliphatic heterocycles. The maximum Gasteiger partial charge on any atom is 0.254 e. The molecule has 4 aromatic rings. The van der Waals surface area contributed by atoms with Crippen molar-refractivity contribution in [3.05, 3.63) is 84.4 Å². The van der Waals surface area contributed by atoms with E-state index in [1.807, 2.05) is 71.6 Å². The first-order valence-corrected chi connectivity index (χ1v) is 11.3. The number of benzene rings is 3. The van der Waals surface area contributed by atoms with Crippen LogP contribution in [-0.4, -0.2) is 53.5 Å². The number of amides is 1. The number of nitrogens with zero attached hydrogens (tertiary/aromatic N) is 3. The molecule has 0 unspecified atom stereocenters. The number of quaternary nitrogens is 1. The summed E-state index contributed by atoms with van der Waals surface area (Å²) in [5.41, 5.74) is 6.12. The van der Waals surface area contributed by atoms with Crippen molar-refractivity contribution in [3.63, 3.8) is 0 Å². The van der Waals surface area contributed by atoms with Crippen LogP contribution in [-0.2, 0) is 0 Å². The third-order valence-corrected chi connectivity index (χ3v) is 6.28. The topological polar surface area (TPSA) is 50.5 Å². The van der Waals surface area contributed by atoms with Gasteiger partial charge in [0, 0.05) is 16.7 Å². The highest BCUT2D eigenvalue weighted by molar-refractivity contribution is 5.95. The second-order valence-corrected chi connectivity index (χ2v) is 8.25. The highest BCUT2D eigenvalue weighted by atomic mass is 16.2. The van der Waals surface area contributed by atoms with Gasteiger partial charge in [-0.1, -0.05) is 54.6 Å². The lowest BCUT2D eigenvalue weighted by molar-refractivity contribution is -0.902. The fraction of sp³-hybridized carbons (Fsp3) is 0.222. The van der Waals surface area contributed by atoms with Crippen molar-refractivity contribution in [2.24, 2.45) is 0 Å². The number of piperazine rings is 1. The maximum absolute atomic E-state index is 13.0. The van der Waals surface area contributed by atoms with Crippen LogP contribution < -0.4 is 4.90 Å². The molecule has 1 aliphatic rings. The van der Waals surface area contributed by atoms with E-state index < -0.39 is 0 Å². The largest absolute Gasteiger partial charge is 0.332 e. The summed E-state index contributed by atoms with van der Waals surface area (Å²) in [5.74, 6) is 0.111. The minimum atomic E-state index is 0.111. The predicted octanol–water partition coefficient (Wildman–Crippen LogP) is 3.32. The van der Waals surface area contributed by atoms with Crippen molar-refractivity contribution in [3.8, 4) is 22.5 Å². The summed E-state index contributed by atoms with van der Waals surface area (Å²) in [6.07, 6.45) is 0. The van der Waals surface area contributed by atoms with E-state index in [-0.39, 0.29) is 5.91 Å². The Labute approximate surface area is 188 Å². The van der Waals surface area contributed by atoms with Crippen LogP contribution in [0.1, 0.15) is 17.3 Å². The molecule has 1 saturated heterocycles. The Morgan fingerprint density at radius 3 is 1.88 bits per heavy atom. The first-order chi connectivity index (χ1) is 15.7. The van der Waals surface area contributed by atoms with Crippen LogP contribution in [0, 0.1) is 0 Å². The Kier molecular flexibility index (Phi) is 5.65. The molecule has 0 radical (unpaired) electrons. The van der Waals surface area contributed by atoms with Gasteiger partial charge in [0.15, 0.2) is 0 Å². The summed E-state index contributed by atoms with van der Waals surface area (Å²) in [7, 11) is 0. The lowest BCUT2D eigenvalue weighted by atomic mass is 10.0. The van der Waals surface area contributed by atoms with Crippen LogP contribution in [0.4, 0.5) is 0 Å². The summed E-state index contributed by atoms with van der Waals surface area (Å²) in [4.78, 5) is 26.4. The van der Waals surface area contributed by atoms with Crippen LogP contribution in [0.15, 0.2) is 78.9 Å². The summed E-state index contributed by atoms with van der Waals surface area (Å²) in [6.45, 7) is 7.00. The molecule has 0 atom stereocenters. The first-order valence-electron chi connectivity index (χ1n) is 11.3. The normalized spacial score (nSPS) is 14.6. The molecule has 32 heavy (non-hydrogen) atoms. The van der Waals surface area contributed by atoms with Gasteiger partial charge >= 0.3 is 0 Å². The maximum atomic E-state index is 13.0. The minimum Gasteiger partial charge on any atom is -0.332 e. The molecule has 0 bridgehead atoms. The number of likely N-dealkylation sites (N-methyl/N-ethyl adjacent to an activating group) is 1. The monoisotopic (exact) mass is 423 g/mol. The Morgan fingerprint density at radius 2 is 1.31 bits per heavy atom. The average Bonchev–Trinajstić information content (AvgIpc) is 2.88. The Morgan fingerprint density at radius 1 is 0.781 bits per heavy atom. The van der Waals surface area contributed by atoms with Crippen molar-refractivity contribution < 1.29 is 9.69 Å². The van der Waals surface area contributed by atoms with Gasteiger partial charge in [-0.3, -0.25) is 4.79 Å². The second-order valence-electron chi connectivity index (χ2n) is 8.25. The van der Waals surface area contributed by atoms with Crippen molar-refractivity contribution in [1.82, 2.24) is 14.9 Å². The zero-order valence-electron chi connectivity index (χ0n) is 18.3. The zero-order valence-corrected chi connectivity index (χ0v) is 18.3. The van der Waals surface area contributed by atoms with Gasteiger partial charge in [0.1, 0.15) is 0 Å². The van der Waals surface area contributed by atoms with Gasteiger partial charge in [-0.2, -0.15) is 0 Å². The molecular weight excluding hydrogens is 396 g/mol. The summed E-state index contributed by atoms with van der Waals surface area (Å²) >= 11 is 0. The van der Waals surface area contributed by atoms with Crippen LogP contribution in [0.2, 0.25) is 0 Å². The molecular formula is C27H27N4O+. The van der Waals surface area contributed by atoms with E-state index in [9.17, 15) is 4.79 Å². The van der Waals surface area contributed by atoms with E-state index in [1.165, 1.54) is 0 Å². The number of carbonyl (C=O) groups excluding carboxylic acids is 1. The van der Waals surface area contributed by atoms with Crippen LogP contribution in [0.5, 0.6) is 0 Å². The number of rotatable bonds is 4. The van der Waals surface area contributed by atoms with Crippen molar-refractivity contribution in [1.29, 1.82) is 0 Å². The fourth-order valence-electron chi connectivity index (χ4n) is 4.33. The standard InChI is InChI=1S/C27H26N4O/c1-2-30-16-18-31(19-17-30)27(32)22-14-12-21(13-15-22)26-25(20-8-4-3-5-9-20)28-23-10-6-7-11-24(23)29-26/h3-15H,2,16-19H2,1H3/p+1. The number of para-hydroxylation sites is 2. The van der Waals surface area contributed by atoms with Crippen LogP contribution >= 0.6 is 0 Å². The molecule has 2 heterocycles. The summed E-state index contributed by atoms with van der Waals surface area (Å²) in [6, 6.07) is 25.9. The van der Waals surface area contributed by atoms with Crippen LogP contribution in [0.3, 0.4) is 0 Å². The Bertz CT molecular complexity index is 1230. The summed E-state index contributed by atoms with van der Waals surface area (Å²) in [5, 5.41) is 0. The molecule has 1 aromatic heterocycles. The third-order valence-electron chi connectivity index (χ3n) is 6.28. The van der Waals surface area contributed by atoms with Gasteiger partial charge in [-0.25, -0.2) is 9.97 Å². The minimum absolute atomic E-state index is 0.111.